The van der Waals surface area contributed by atoms with Crippen molar-refractivity contribution in [3.63, 3.8) is 0 Å². The predicted octanol–water partition coefficient (Wildman–Crippen LogP) is 1.99. The Bertz CT molecular complexity index is 616. The summed E-state index contributed by atoms with van der Waals surface area (Å²) in [6, 6.07) is 7.98. The van der Waals surface area contributed by atoms with Crippen molar-refractivity contribution < 1.29 is 14.3 Å². The van der Waals surface area contributed by atoms with Crippen LogP contribution in [-0.2, 0) is 9.59 Å². The number of carbonyl (C=O) groups excluding carboxylic acids is 2. The zero-order valence-corrected chi connectivity index (χ0v) is 15.8. The van der Waals surface area contributed by atoms with Gasteiger partial charge in [-0.1, -0.05) is 6.92 Å². The normalized spacial score (nSPS) is 18.8. The summed E-state index contributed by atoms with van der Waals surface area (Å²) in [7, 11) is 1.66. The molecule has 2 saturated heterocycles. The van der Waals surface area contributed by atoms with Gasteiger partial charge in [0.2, 0.25) is 11.8 Å². The molecule has 0 spiro atoms. The molecule has 1 aromatic carbocycles. The molecular weight excluding hydrogens is 330 g/mol. The molecule has 2 fully saturated rings. The number of piperazine rings is 1. The van der Waals surface area contributed by atoms with E-state index in [2.05, 4.69) is 11.8 Å². The number of rotatable bonds is 4. The molecule has 0 atom stereocenters. The first-order chi connectivity index (χ1) is 12.6. The maximum Gasteiger partial charge on any atom is 0.232 e. The van der Waals surface area contributed by atoms with Gasteiger partial charge in [0, 0.05) is 45.0 Å². The first-order valence-electron chi connectivity index (χ1n) is 9.51. The largest absolute Gasteiger partial charge is 0.497 e. The molecule has 6 nitrogen and oxygen atoms in total. The van der Waals surface area contributed by atoms with Gasteiger partial charge in [0.1, 0.15) is 12.2 Å². The van der Waals surface area contributed by atoms with Gasteiger partial charge in [-0.3, -0.25) is 9.59 Å². The first-order valence-corrected chi connectivity index (χ1v) is 9.51. The number of hydrogen-bond acceptors (Lipinski definition) is 4. The van der Waals surface area contributed by atoms with Crippen LogP contribution in [0.1, 0.15) is 26.2 Å². The van der Waals surface area contributed by atoms with Crippen LogP contribution >= 0.6 is 0 Å². The molecule has 0 N–H and O–H groups in total. The predicted molar refractivity (Wildman–Crippen MR) is 101 cm³/mol. The van der Waals surface area contributed by atoms with Gasteiger partial charge < -0.3 is 19.4 Å². The summed E-state index contributed by atoms with van der Waals surface area (Å²) in [5, 5.41) is 0. The second kappa shape index (κ2) is 8.43. The molecule has 142 valence electrons. The summed E-state index contributed by atoms with van der Waals surface area (Å²) in [6.07, 6.45) is 2.10. The Labute approximate surface area is 155 Å². The first kappa shape index (κ1) is 18.5. The van der Waals surface area contributed by atoms with Crippen LogP contribution in [0, 0.1) is 5.92 Å². The molecule has 6 heteroatoms. The number of ether oxygens (including phenoxy) is 1. The third kappa shape index (κ3) is 4.48. The SMILES string of the molecule is COc1ccc(N2CCN(C(=O)CC(=O)N3CCC(C)CC3)CC2)cc1. The van der Waals surface area contributed by atoms with Crippen LogP contribution in [0.2, 0.25) is 0 Å². The Morgan fingerprint density at radius 1 is 0.923 bits per heavy atom. The molecule has 26 heavy (non-hydrogen) atoms. The Morgan fingerprint density at radius 3 is 2.00 bits per heavy atom. The molecule has 0 saturated carbocycles. The minimum Gasteiger partial charge on any atom is -0.497 e. The van der Waals surface area contributed by atoms with Gasteiger partial charge in [0.25, 0.3) is 0 Å². The van der Waals surface area contributed by atoms with Crippen LogP contribution in [0.3, 0.4) is 0 Å². The summed E-state index contributed by atoms with van der Waals surface area (Å²) >= 11 is 0. The Kier molecular flexibility index (Phi) is 6.01. The number of piperidine rings is 1. The van der Waals surface area contributed by atoms with Crippen LogP contribution in [0.5, 0.6) is 5.75 Å². The van der Waals surface area contributed by atoms with Gasteiger partial charge in [0.05, 0.1) is 7.11 Å². The molecule has 2 aliphatic rings. The van der Waals surface area contributed by atoms with Gasteiger partial charge in [0.15, 0.2) is 0 Å². The molecule has 0 bridgehead atoms. The van der Waals surface area contributed by atoms with Gasteiger partial charge in [-0.25, -0.2) is 0 Å². The Morgan fingerprint density at radius 2 is 1.46 bits per heavy atom. The second-order valence-electron chi connectivity index (χ2n) is 7.31. The topological polar surface area (TPSA) is 53.1 Å². The fourth-order valence-electron chi connectivity index (χ4n) is 3.62. The summed E-state index contributed by atoms with van der Waals surface area (Å²) in [5.74, 6) is 1.47. The van der Waals surface area contributed by atoms with Gasteiger partial charge >= 0.3 is 0 Å². The van der Waals surface area contributed by atoms with Gasteiger partial charge in [-0.15, -0.1) is 0 Å². The van der Waals surface area contributed by atoms with E-state index in [0.717, 1.165) is 50.5 Å². The standard InChI is InChI=1S/C20H29N3O3/c1-16-7-9-22(10-8-16)19(24)15-20(25)23-13-11-21(12-14-23)17-3-5-18(26-2)6-4-17/h3-6,16H,7-15H2,1-2H3. The van der Waals surface area contributed by atoms with Crippen LogP contribution in [0.15, 0.2) is 24.3 Å². The number of benzene rings is 1. The average Bonchev–Trinajstić information content (AvgIpc) is 2.68. The van der Waals surface area contributed by atoms with Crippen molar-refractivity contribution in [2.45, 2.75) is 26.2 Å². The Hall–Kier alpha value is -2.24. The molecule has 3 rings (SSSR count). The van der Waals surface area contributed by atoms with Crippen molar-refractivity contribution in [1.29, 1.82) is 0 Å². The van der Waals surface area contributed by atoms with E-state index in [1.54, 1.807) is 7.11 Å². The minimum absolute atomic E-state index is 0.0108. The van der Waals surface area contributed by atoms with E-state index in [-0.39, 0.29) is 18.2 Å². The number of carbonyl (C=O) groups is 2. The number of hydrogen-bond donors (Lipinski definition) is 0. The number of methoxy groups -OCH3 is 1. The quantitative estimate of drug-likeness (QED) is 0.772. The molecule has 0 radical (unpaired) electrons. The highest BCUT2D eigenvalue weighted by atomic mass is 16.5. The number of amides is 2. The Balaban J connectivity index is 1.46. The zero-order valence-electron chi connectivity index (χ0n) is 15.8. The number of nitrogens with zero attached hydrogens (tertiary/aromatic N) is 3. The summed E-state index contributed by atoms with van der Waals surface area (Å²) in [6.45, 7) is 6.69. The second-order valence-corrected chi connectivity index (χ2v) is 7.31. The monoisotopic (exact) mass is 359 g/mol. The highest BCUT2D eigenvalue weighted by Gasteiger charge is 2.26. The lowest BCUT2D eigenvalue weighted by Gasteiger charge is -2.36. The molecule has 2 heterocycles. The van der Waals surface area contributed by atoms with Crippen LogP contribution in [0.4, 0.5) is 5.69 Å². The summed E-state index contributed by atoms with van der Waals surface area (Å²) in [4.78, 5) is 30.8. The van der Waals surface area contributed by atoms with E-state index in [9.17, 15) is 9.59 Å². The lowest BCUT2D eigenvalue weighted by molar-refractivity contribution is -0.141. The van der Waals surface area contributed by atoms with E-state index < -0.39 is 0 Å². The smallest absolute Gasteiger partial charge is 0.232 e. The van der Waals surface area contributed by atoms with Gasteiger partial charge in [-0.2, -0.15) is 0 Å². The lowest BCUT2D eigenvalue weighted by atomic mass is 9.99. The average molecular weight is 359 g/mol. The zero-order chi connectivity index (χ0) is 18.5. The van der Waals surface area contributed by atoms with Crippen molar-refractivity contribution in [1.82, 2.24) is 9.80 Å². The maximum atomic E-state index is 12.5. The fraction of sp³-hybridized carbons (Fsp3) is 0.600. The molecular formula is C20H29N3O3. The highest BCUT2D eigenvalue weighted by molar-refractivity contribution is 5.97. The van der Waals surface area contributed by atoms with E-state index in [4.69, 9.17) is 4.74 Å². The van der Waals surface area contributed by atoms with Crippen LogP contribution in [-0.4, -0.2) is 68.0 Å². The summed E-state index contributed by atoms with van der Waals surface area (Å²) < 4.78 is 5.19. The lowest BCUT2D eigenvalue weighted by Crippen LogP contribution is -2.50. The van der Waals surface area contributed by atoms with E-state index in [1.165, 1.54) is 0 Å². The van der Waals surface area contributed by atoms with Crippen molar-refractivity contribution in [2.75, 3.05) is 51.3 Å². The highest BCUT2D eigenvalue weighted by Crippen LogP contribution is 2.21. The maximum absolute atomic E-state index is 12.5. The molecule has 2 amide bonds. The van der Waals surface area contributed by atoms with Gasteiger partial charge in [-0.05, 0) is 43.0 Å². The number of anilines is 1. The minimum atomic E-state index is -0.0389. The van der Waals surface area contributed by atoms with E-state index in [1.807, 2.05) is 34.1 Å². The van der Waals surface area contributed by atoms with Crippen molar-refractivity contribution in [2.24, 2.45) is 5.92 Å². The molecule has 0 aromatic heterocycles. The van der Waals surface area contributed by atoms with Crippen molar-refractivity contribution in [3.05, 3.63) is 24.3 Å². The third-order valence-electron chi connectivity index (χ3n) is 5.51. The number of likely N-dealkylation sites (tertiary alicyclic amines) is 1. The summed E-state index contributed by atoms with van der Waals surface area (Å²) in [5.41, 5.74) is 1.14. The molecule has 0 aliphatic carbocycles. The van der Waals surface area contributed by atoms with Crippen LogP contribution in [0.25, 0.3) is 0 Å². The van der Waals surface area contributed by atoms with E-state index in [0.29, 0.717) is 19.0 Å². The molecule has 2 aliphatic heterocycles. The van der Waals surface area contributed by atoms with E-state index >= 15 is 0 Å². The van der Waals surface area contributed by atoms with Crippen molar-refractivity contribution >= 4 is 17.5 Å². The fourth-order valence-corrected chi connectivity index (χ4v) is 3.62. The van der Waals surface area contributed by atoms with Crippen LogP contribution < -0.4 is 9.64 Å². The van der Waals surface area contributed by atoms with Crippen molar-refractivity contribution in [3.8, 4) is 5.75 Å². The third-order valence-corrected chi connectivity index (χ3v) is 5.51. The molecule has 0 unspecified atom stereocenters. The molecule has 1 aromatic rings.